The van der Waals surface area contributed by atoms with Gasteiger partial charge in [-0.3, -0.25) is 9.36 Å². The molecule has 1 aliphatic rings. The number of para-hydroxylation sites is 2. The average molecular weight is 459 g/mol. The van der Waals surface area contributed by atoms with Gasteiger partial charge in [0.25, 0.3) is 0 Å². The van der Waals surface area contributed by atoms with Crippen molar-refractivity contribution >= 4 is 41.0 Å². The van der Waals surface area contributed by atoms with Crippen LogP contribution >= 0.6 is 23.4 Å². The summed E-state index contributed by atoms with van der Waals surface area (Å²) in [5.41, 5.74) is 0.845. The third-order valence-corrected chi connectivity index (χ3v) is 6.06. The molecular formula is C21H23ClN6O2S. The van der Waals surface area contributed by atoms with Crippen LogP contribution in [-0.2, 0) is 4.79 Å². The van der Waals surface area contributed by atoms with E-state index in [1.54, 1.807) is 19.2 Å². The third-order valence-electron chi connectivity index (χ3n) is 4.91. The summed E-state index contributed by atoms with van der Waals surface area (Å²) in [6, 6.07) is 11.1. The first kappa shape index (κ1) is 21.5. The number of nitrogens with zero attached hydrogens (tertiary/aromatic N) is 5. The summed E-state index contributed by atoms with van der Waals surface area (Å²) in [6.45, 7) is 1.86. The summed E-state index contributed by atoms with van der Waals surface area (Å²) in [4.78, 5) is 18.8. The average Bonchev–Trinajstić information content (AvgIpc) is 3.23. The number of aromatic nitrogens is 4. The van der Waals surface area contributed by atoms with Crippen LogP contribution in [0.5, 0.6) is 5.75 Å². The van der Waals surface area contributed by atoms with Gasteiger partial charge in [0.05, 0.1) is 23.6 Å². The quantitative estimate of drug-likeness (QED) is 0.534. The maximum absolute atomic E-state index is 12.5. The highest BCUT2D eigenvalue weighted by Gasteiger charge is 2.23. The van der Waals surface area contributed by atoms with Crippen LogP contribution < -0.4 is 15.0 Å². The molecule has 3 aromatic rings. The summed E-state index contributed by atoms with van der Waals surface area (Å²) < 4.78 is 7.55. The first-order chi connectivity index (χ1) is 15.2. The number of thioether (sulfide) groups is 1. The Hall–Kier alpha value is -2.78. The Morgan fingerprint density at radius 3 is 2.71 bits per heavy atom. The molecule has 31 heavy (non-hydrogen) atoms. The molecule has 0 unspecified atom stereocenters. The van der Waals surface area contributed by atoms with E-state index < -0.39 is 0 Å². The van der Waals surface area contributed by atoms with Gasteiger partial charge in [-0.15, -0.1) is 10.2 Å². The molecule has 1 aliphatic heterocycles. The summed E-state index contributed by atoms with van der Waals surface area (Å²) in [5.74, 6) is 1.92. The molecule has 1 N–H and O–H groups in total. The van der Waals surface area contributed by atoms with Gasteiger partial charge >= 0.3 is 0 Å². The lowest BCUT2D eigenvalue weighted by Gasteiger charge is -2.28. The molecule has 1 fully saturated rings. The van der Waals surface area contributed by atoms with Gasteiger partial charge in [-0.25, -0.2) is 4.98 Å². The van der Waals surface area contributed by atoms with E-state index in [1.165, 1.54) is 24.4 Å². The summed E-state index contributed by atoms with van der Waals surface area (Å²) in [7, 11) is 1.64. The lowest BCUT2D eigenvalue weighted by molar-refractivity contribution is -0.113. The number of methoxy groups -OCH3 is 1. The molecule has 1 saturated heterocycles. The van der Waals surface area contributed by atoms with E-state index in [-0.39, 0.29) is 11.7 Å². The zero-order chi connectivity index (χ0) is 21.6. The fraction of sp³-hybridized carbons (Fsp3) is 0.333. The molecule has 1 amide bonds. The van der Waals surface area contributed by atoms with Crippen LogP contribution in [0.15, 0.2) is 47.8 Å². The molecule has 162 valence electrons. The lowest BCUT2D eigenvalue weighted by atomic mass is 10.1. The number of carbonyl (C=O) groups excluding carboxylic acids is 1. The van der Waals surface area contributed by atoms with Crippen LogP contribution in [-0.4, -0.2) is 51.6 Å². The number of hydrogen-bond donors (Lipinski definition) is 1. The van der Waals surface area contributed by atoms with E-state index in [9.17, 15) is 4.79 Å². The Kier molecular flexibility index (Phi) is 6.93. The van der Waals surface area contributed by atoms with E-state index in [4.69, 9.17) is 16.3 Å². The van der Waals surface area contributed by atoms with Crippen molar-refractivity contribution in [1.82, 2.24) is 19.7 Å². The van der Waals surface area contributed by atoms with Gasteiger partial charge in [-0.1, -0.05) is 35.5 Å². The second-order valence-electron chi connectivity index (χ2n) is 7.04. The number of pyridine rings is 1. The van der Waals surface area contributed by atoms with Crippen molar-refractivity contribution in [2.75, 3.05) is 36.2 Å². The number of rotatable bonds is 7. The Morgan fingerprint density at radius 2 is 1.97 bits per heavy atom. The number of benzene rings is 1. The molecule has 1 aromatic carbocycles. The molecular weight excluding hydrogens is 436 g/mol. The zero-order valence-corrected chi connectivity index (χ0v) is 18.7. The van der Waals surface area contributed by atoms with Gasteiger partial charge < -0.3 is 15.0 Å². The molecule has 0 saturated carbocycles. The number of ether oxygens (including phenoxy) is 1. The van der Waals surface area contributed by atoms with Crippen molar-refractivity contribution in [3.63, 3.8) is 0 Å². The van der Waals surface area contributed by atoms with Gasteiger partial charge in [0.2, 0.25) is 11.9 Å². The molecule has 0 spiro atoms. The van der Waals surface area contributed by atoms with Gasteiger partial charge in [-0.05, 0) is 43.5 Å². The van der Waals surface area contributed by atoms with Crippen molar-refractivity contribution in [3.05, 3.63) is 47.6 Å². The molecule has 3 heterocycles. The van der Waals surface area contributed by atoms with E-state index in [1.807, 2.05) is 28.8 Å². The van der Waals surface area contributed by atoms with Crippen LogP contribution in [0.1, 0.15) is 19.3 Å². The Bertz CT molecular complexity index is 1040. The smallest absolute Gasteiger partial charge is 0.236 e. The Balaban J connectivity index is 1.57. The molecule has 10 heteroatoms. The summed E-state index contributed by atoms with van der Waals surface area (Å²) in [6.07, 6.45) is 4.96. The van der Waals surface area contributed by atoms with Crippen molar-refractivity contribution in [1.29, 1.82) is 0 Å². The minimum Gasteiger partial charge on any atom is -0.495 e. The van der Waals surface area contributed by atoms with Gasteiger partial charge in [-0.2, -0.15) is 0 Å². The van der Waals surface area contributed by atoms with Crippen LogP contribution in [0.3, 0.4) is 0 Å². The maximum atomic E-state index is 12.5. The number of anilines is 2. The van der Waals surface area contributed by atoms with Gasteiger partial charge in [0, 0.05) is 19.3 Å². The standard InChI is InChI=1S/C21H23ClN6O2S/c1-30-17-8-4-3-7-16(17)28-20(27-11-5-2-6-12-27)25-26-21(28)31-14-19(29)24-18-10-9-15(22)13-23-18/h3-4,7-10,13H,2,5-6,11-12,14H2,1H3,(H,23,24,29). The monoisotopic (exact) mass is 458 g/mol. The van der Waals surface area contributed by atoms with Gasteiger partial charge in [0.1, 0.15) is 11.6 Å². The SMILES string of the molecule is COc1ccccc1-n1c(SCC(=O)Nc2ccc(Cl)cn2)nnc1N1CCCCC1. The fourth-order valence-corrected chi connectivity index (χ4v) is 4.29. The normalized spacial score (nSPS) is 13.8. The lowest BCUT2D eigenvalue weighted by Crippen LogP contribution is -2.31. The Morgan fingerprint density at radius 1 is 1.16 bits per heavy atom. The topological polar surface area (TPSA) is 85.2 Å². The fourth-order valence-electron chi connectivity index (χ4n) is 3.44. The predicted molar refractivity (Wildman–Crippen MR) is 123 cm³/mol. The summed E-state index contributed by atoms with van der Waals surface area (Å²) >= 11 is 7.16. The highest BCUT2D eigenvalue weighted by molar-refractivity contribution is 7.99. The highest BCUT2D eigenvalue weighted by Crippen LogP contribution is 2.32. The van der Waals surface area contributed by atoms with Crippen LogP contribution in [0, 0.1) is 0 Å². The summed E-state index contributed by atoms with van der Waals surface area (Å²) in [5, 5.41) is 12.8. The maximum Gasteiger partial charge on any atom is 0.236 e. The van der Waals surface area contributed by atoms with Gasteiger partial charge in [0.15, 0.2) is 5.16 Å². The Labute approximate surface area is 190 Å². The van der Waals surface area contributed by atoms with Crippen molar-refractivity contribution in [3.8, 4) is 11.4 Å². The van der Waals surface area contributed by atoms with Crippen molar-refractivity contribution < 1.29 is 9.53 Å². The van der Waals surface area contributed by atoms with Crippen LogP contribution in [0.4, 0.5) is 11.8 Å². The third kappa shape index (κ3) is 5.11. The van der Waals surface area contributed by atoms with E-state index >= 15 is 0 Å². The predicted octanol–water partition coefficient (Wildman–Crippen LogP) is 4.05. The number of halogens is 1. The number of amides is 1. The minimum atomic E-state index is -0.186. The number of carbonyl (C=O) groups is 1. The van der Waals surface area contributed by atoms with Crippen molar-refractivity contribution in [2.45, 2.75) is 24.4 Å². The first-order valence-corrected chi connectivity index (χ1v) is 11.4. The molecule has 0 aliphatic carbocycles. The molecule has 8 nitrogen and oxygen atoms in total. The number of nitrogens with one attached hydrogen (secondary N) is 1. The molecule has 4 rings (SSSR count). The second-order valence-corrected chi connectivity index (χ2v) is 8.41. The number of piperidine rings is 1. The molecule has 0 radical (unpaired) electrons. The van der Waals surface area contributed by atoms with E-state index in [2.05, 4.69) is 25.4 Å². The van der Waals surface area contributed by atoms with E-state index in [0.29, 0.717) is 16.0 Å². The largest absolute Gasteiger partial charge is 0.495 e. The van der Waals surface area contributed by atoms with E-state index in [0.717, 1.165) is 43.3 Å². The minimum absolute atomic E-state index is 0.164. The van der Waals surface area contributed by atoms with Crippen LogP contribution in [0.25, 0.3) is 5.69 Å². The molecule has 0 bridgehead atoms. The van der Waals surface area contributed by atoms with Crippen molar-refractivity contribution in [2.24, 2.45) is 0 Å². The molecule has 0 atom stereocenters. The van der Waals surface area contributed by atoms with Crippen LogP contribution in [0.2, 0.25) is 5.02 Å². The molecule has 2 aromatic heterocycles. The number of hydrogen-bond acceptors (Lipinski definition) is 7. The highest BCUT2D eigenvalue weighted by atomic mass is 35.5. The zero-order valence-electron chi connectivity index (χ0n) is 17.1. The first-order valence-electron chi connectivity index (χ1n) is 10.0. The second kappa shape index (κ2) is 10.0.